The normalized spacial score (nSPS) is 12.5. The highest BCUT2D eigenvalue weighted by atomic mass is 14.7. The highest BCUT2D eigenvalue weighted by Gasteiger charge is 2.27. The van der Waals surface area contributed by atoms with Crippen molar-refractivity contribution in [1.29, 1.82) is 0 Å². The first kappa shape index (κ1) is 30.5. The number of hydrogen-bond acceptors (Lipinski definition) is 2. The van der Waals surface area contributed by atoms with Gasteiger partial charge in [0.25, 0.3) is 0 Å². The molecule has 2 aliphatic carbocycles. The standard InChI is InChI=1S/C56H30N2/c1-3-13-35-33(11-1)45(27-49-41-21-7-19-39-43-23-9-25-57-55(43)51(53(39)41)29-47(35)49)37-17-5-16-32-31(37)15-6-18-38(32)46-28-50-42-22-8-20-40-44-24-10-26-58-56(44)52(54(40)42)30-48(50)36-14-4-2-12-34(36)46/h1-30H. The molecule has 2 nitrogen and oxygen atoms in total. The molecule has 0 unspecified atom stereocenters. The smallest absolute Gasteiger partial charge is 0.0787 e. The first-order valence-corrected chi connectivity index (χ1v) is 20.1. The summed E-state index contributed by atoms with van der Waals surface area (Å²) < 4.78 is 0. The third kappa shape index (κ3) is 3.82. The molecule has 0 saturated heterocycles. The molecule has 0 fully saturated rings. The van der Waals surface area contributed by atoms with Crippen LogP contribution in [0.4, 0.5) is 0 Å². The molecule has 14 rings (SSSR count). The van der Waals surface area contributed by atoms with Crippen molar-refractivity contribution in [2.24, 2.45) is 0 Å². The number of pyridine rings is 2. The Bertz CT molecular complexity index is 3600. The van der Waals surface area contributed by atoms with Crippen LogP contribution in [0.3, 0.4) is 0 Å². The van der Waals surface area contributed by atoms with E-state index in [2.05, 4.69) is 170 Å². The Morgan fingerprint density at radius 3 is 1.00 bits per heavy atom. The predicted octanol–water partition coefficient (Wildman–Crippen LogP) is 15.2. The summed E-state index contributed by atoms with van der Waals surface area (Å²) in [6, 6.07) is 63.4. The zero-order chi connectivity index (χ0) is 37.6. The van der Waals surface area contributed by atoms with Crippen LogP contribution in [-0.4, -0.2) is 9.97 Å². The zero-order valence-corrected chi connectivity index (χ0v) is 31.2. The van der Waals surface area contributed by atoms with Gasteiger partial charge in [-0.15, -0.1) is 0 Å². The van der Waals surface area contributed by atoms with Gasteiger partial charge in [0.05, 0.1) is 11.4 Å². The molecule has 0 atom stereocenters. The van der Waals surface area contributed by atoms with E-state index in [0.29, 0.717) is 0 Å². The summed E-state index contributed by atoms with van der Waals surface area (Å²) in [4.78, 5) is 9.77. The minimum absolute atomic E-state index is 1.08. The van der Waals surface area contributed by atoms with Gasteiger partial charge in [0.15, 0.2) is 0 Å². The molecule has 0 spiro atoms. The van der Waals surface area contributed by atoms with Gasteiger partial charge in [0.1, 0.15) is 0 Å². The second-order valence-electron chi connectivity index (χ2n) is 15.9. The number of hydrogen-bond donors (Lipinski definition) is 0. The van der Waals surface area contributed by atoms with Crippen LogP contribution in [0.1, 0.15) is 0 Å². The van der Waals surface area contributed by atoms with E-state index in [1.807, 2.05) is 12.4 Å². The second-order valence-corrected chi connectivity index (χ2v) is 15.9. The van der Waals surface area contributed by atoms with Gasteiger partial charge in [-0.25, -0.2) is 0 Å². The minimum Gasteiger partial charge on any atom is -0.256 e. The van der Waals surface area contributed by atoms with Crippen LogP contribution in [-0.2, 0) is 0 Å². The van der Waals surface area contributed by atoms with Crippen LogP contribution in [0.5, 0.6) is 0 Å². The summed E-state index contributed by atoms with van der Waals surface area (Å²) in [6.45, 7) is 0. The first-order valence-electron chi connectivity index (χ1n) is 20.1. The molecule has 58 heavy (non-hydrogen) atoms. The van der Waals surface area contributed by atoms with Gasteiger partial charge < -0.3 is 0 Å². The fourth-order valence-corrected chi connectivity index (χ4v) is 10.8. The predicted molar refractivity (Wildman–Crippen MR) is 244 cm³/mol. The van der Waals surface area contributed by atoms with Crippen LogP contribution >= 0.6 is 0 Å². The molecule has 2 aromatic heterocycles. The molecular formula is C56H30N2. The molecule has 0 N–H and O–H groups in total. The van der Waals surface area contributed by atoms with E-state index in [1.54, 1.807) is 0 Å². The lowest BCUT2D eigenvalue weighted by atomic mass is 9.85. The Hall–Kier alpha value is -7.68. The summed E-state index contributed by atoms with van der Waals surface area (Å²) in [7, 11) is 0. The maximum absolute atomic E-state index is 4.89. The van der Waals surface area contributed by atoms with Crippen molar-refractivity contribution < 1.29 is 0 Å². The van der Waals surface area contributed by atoms with Crippen molar-refractivity contribution >= 4 is 75.4 Å². The van der Waals surface area contributed by atoms with Crippen molar-refractivity contribution in [3.8, 4) is 67.0 Å². The Morgan fingerprint density at radius 1 is 0.207 bits per heavy atom. The van der Waals surface area contributed by atoms with E-state index < -0.39 is 0 Å². The summed E-state index contributed by atoms with van der Waals surface area (Å²) >= 11 is 0. The molecule has 0 saturated carbocycles. The van der Waals surface area contributed by atoms with Crippen LogP contribution < -0.4 is 0 Å². The lowest BCUT2D eigenvalue weighted by molar-refractivity contribution is 1.35. The fourth-order valence-electron chi connectivity index (χ4n) is 10.8. The van der Waals surface area contributed by atoms with Gasteiger partial charge in [-0.05, 0) is 145 Å². The van der Waals surface area contributed by atoms with Crippen LogP contribution in [0, 0.1) is 0 Å². The topological polar surface area (TPSA) is 25.8 Å². The number of nitrogens with zero attached hydrogens (tertiary/aromatic N) is 2. The third-order valence-electron chi connectivity index (χ3n) is 13.2. The van der Waals surface area contributed by atoms with Crippen LogP contribution in [0.2, 0.25) is 0 Å². The highest BCUT2D eigenvalue weighted by Crippen LogP contribution is 2.52. The van der Waals surface area contributed by atoms with Gasteiger partial charge in [0.2, 0.25) is 0 Å². The zero-order valence-electron chi connectivity index (χ0n) is 31.2. The molecule has 0 amide bonds. The highest BCUT2D eigenvalue weighted by molar-refractivity contribution is 6.31. The minimum atomic E-state index is 1.08. The van der Waals surface area contributed by atoms with E-state index in [4.69, 9.17) is 9.97 Å². The van der Waals surface area contributed by atoms with Gasteiger partial charge in [-0.2, -0.15) is 0 Å². The maximum atomic E-state index is 4.89. The molecule has 10 aromatic carbocycles. The number of aromatic nitrogens is 2. The van der Waals surface area contributed by atoms with E-state index in [0.717, 1.165) is 11.4 Å². The van der Waals surface area contributed by atoms with E-state index in [-0.39, 0.29) is 0 Å². The Labute approximate surface area is 333 Å². The Morgan fingerprint density at radius 2 is 0.534 bits per heavy atom. The SMILES string of the molecule is c1cnc2c(c1)-c1cccc3c1c-2cc1c2ccccc2c(-c2cccc4c(-c5cc6c7cccc8c7c(cc6c6ccccc56)-c5ncccc5-8)cccc24)cc31. The fraction of sp³-hybridized carbons (Fsp3) is 0. The summed E-state index contributed by atoms with van der Waals surface area (Å²) in [5.74, 6) is 0. The lowest BCUT2D eigenvalue weighted by Crippen LogP contribution is -1.91. The van der Waals surface area contributed by atoms with Gasteiger partial charge >= 0.3 is 0 Å². The molecule has 0 radical (unpaired) electrons. The number of rotatable bonds is 2. The van der Waals surface area contributed by atoms with Gasteiger partial charge in [0, 0.05) is 34.6 Å². The first-order chi connectivity index (χ1) is 28.8. The molecule has 264 valence electrons. The molecule has 12 aromatic rings. The molecule has 2 aliphatic rings. The number of benzene rings is 10. The van der Waals surface area contributed by atoms with Gasteiger partial charge in [-0.1, -0.05) is 133 Å². The summed E-state index contributed by atoms with van der Waals surface area (Å²) in [5.41, 5.74) is 14.6. The lowest BCUT2D eigenvalue weighted by Gasteiger charge is -2.18. The van der Waals surface area contributed by atoms with Gasteiger partial charge in [-0.3, -0.25) is 9.97 Å². The average Bonchev–Trinajstić information content (AvgIpc) is 3.79. The third-order valence-corrected chi connectivity index (χ3v) is 13.2. The number of fused-ring (bicyclic) bond motifs is 15. The molecule has 2 heterocycles. The van der Waals surface area contributed by atoms with Crippen LogP contribution in [0.25, 0.3) is 142 Å². The maximum Gasteiger partial charge on any atom is 0.0787 e. The molecule has 0 aliphatic heterocycles. The quantitative estimate of drug-likeness (QED) is 0.166. The average molecular weight is 731 g/mol. The van der Waals surface area contributed by atoms with Crippen molar-refractivity contribution in [3.05, 3.63) is 182 Å². The van der Waals surface area contributed by atoms with Crippen LogP contribution in [0.15, 0.2) is 182 Å². The summed E-state index contributed by atoms with van der Waals surface area (Å²) in [6.07, 6.45) is 3.84. The van der Waals surface area contributed by atoms with Crippen molar-refractivity contribution in [2.45, 2.75) is 0 Å². The molecule has 2 heteroatoms. The largest absolute Gasteiger partial charge is 0.256 e. The Balaban J connectivity index is 1.05. The second kappa shape index (κ2) is 11.0. The van der Waals surface area contributed by atoms with E-state index in [1.165, 1.54) is 131 Å². The van der Waals surface area contributed by atoms with E-state index >= 15 is 0 Å². The summed E-state index contributed by atoms with van der Waals surface area (Å²) in [5, 5.41) is 17.8. The van der Waals surface area contributed by atoms with Crippen molar-refractivity contribution in [2.75, 3.05) is 0 Å². The molecular weight excluding hydrogens is 701 g/mol. The monoisotopic (exact) mass is 730 g/mol. The van der Waals surface area contributed by atoms with Crippen molar-refractivity contribution in [1.82, 2.24) is 9.97 Å². The Kier molecular flexibility index (Phi) is 5.79. The van der Waals surface area contributed by atoms with Crippen molar-refractivity contribution in [3.63, 3.8) is 0 Å². The van der Waals surface area contributed by atoms with E-state index in [9.17, 15) is 0 Å². The molecule has 0 bridgehead atoms.